The number of amides is 2. The van der Waals surface area contributed by atoms with E-state index in [0.29, 0.717) is 18.0 Å². The number of piperazine rings is 1. The van der Waals surface area contributed by atoms with Gasteiger partial charge in [0.1, 0.15) is 6.04 Å². The van der Waals surface area contributed by atoms with Gasteiger partial charge in [0, 0.05) is 19.5 Å². The van der Waals surface area contributed by atoms with E-state index in [4.69, 9.17) is 18.0 Å². The third-order valence-electron chi connectivity index (χ3n) is 3.37. The number of carbonyl (C=O) groups excluding carboxylic acids is 2. The average molecular weight is 255 g/mol. The quantitative estimate of drug-likeness (QED) is 0.714. The minimum absolute atomic E-state index is 0.0530. The molecule has 2 fully saturated rings. The Hall–Kier alpha value is -1.17. The summed E-state index contributed by atoms with van der Waals surface area (Å²) in [7, 11) is 0. The van der Waals surface area contributed by atoms with E-state index in [9.17, 15) is 9.59 Å². The first kappa shape index (κ1) is 12.3. The van der Waals surface area contributed by atoms with Gasteiger partial charge in [0.2, 0.25) is 11.8 Å². The highest BCUT2D eigenvalue weighted by atomic mass is 32.1. The standard InChI is InChI=1S/C11H17N3O2S/c12-9(17)4-6-13-7-10(15)14-5-2-1-3-8(14)11(13)16/h8H,1-7H2,(H2,12,17). The summed E-state index contributed by atoms with van der Waals surface area (Å²) >= 11 is 4.79. The average Bonchev–Trinajstić information content (AvgIpc) is 2.32. The Morgan fingerprint density at radius 3 is 2.88 bits per heavy atom. The molecule has 0 saturated carbocycles. The molecule has 94 valence electrons. The van der Waals surface area contributed by atoms with Crippen molar-refractivity contribution in [2.45, 2.75) is 31.7 Å². The van der Waals surface area contributed by atoms with Crippen molar-refractivity contribution in [2.75, 3.05) is 19.6 Å². The third-order valence-corrected chi connectivity index (χ3v) is 3.58. The normalized spacial score (nSPS) is 24.8. The molecule has 0 aromatic carbocycles. The molecule has 0 aromatic heterocycles. The highest BCUT2D eigenvalue weighted by Crippen LogP contribution is 2.23. The molecule has 2 N–H and O–H groups in total. The van der Waals surface area contributed by atoms with Crippen LogP contribution in [0.1, 0.15) is 25.7 Å². The van der Waals surface area contributed by atoms with Crippen molar-refractivity contribution in [3.05, 3.63) is 0 Å². The zero-order chi connectivity index (χ0) is 12.4. The van der Waals surface area contributed by atoms with E-state index in [0.717, 1.165) is 25.8 Å². The highest BCUT2D eigenvalue weighted by Gasteiger charge is 2.39. The predicted molar refractivity (Wildman–Crippen MR) is 67.3 cm³/mol. The number of piperidine rings is 1. The SMILES string of the molecule is NC(=S)CCN1CC(=O)N2CCCCC2C1=O. The van der Waals surface area contributed by atoms with Crippen molar-refractivity contribution in [1.82, 2.24) is 9.80 Å². The van der Waals surface area contributed by atoms with Gasteiger partial charge < -0.3 is 15.5 Å². The largest absolute Gasteiger partial charge is 0.393 e. The zero-order valence-corrected chi connectivity index (χ0v) is 10.5. The number of nitrogens with zero attached hydrogens (tertiary/aromatic N) is 2. The van der Waals surface area contributed by atoms with Crippen molar-refractivity contribution >= 4 is 29.0 Å². The van der Waals surface area contributed by atoms with Gasteiger partial charge in [0.25, 0.3) is 0 Å². The minimum Gasteiger partial charge on any atom is -0.393 e. The molecule has 0 bridgehead atoms. The van der Waals surface area contributed by atoms with Crippen LogP contribution in [0.25, 0.3) is 0 Å². The first-order valence-electron chi connectivity index (χ1n) is 5.96. The predicted octanol–water partition coefficient (Wildman–Crippen LogP) is -0.114. The Labute approximate surface area is 106 Å². The van der Waals surface area contributed by atoms with E-state index in [1.165, 1.54) is 0 Å². The van der Waals surface area contributed by atoms with Crippen molar-refractivity contribution in [2.24, 2.45) is 5.73 Å². The van der Waals surface area contributed by atoms with Gasteiger partial charge in [-0.15, -0.1) is 0 Å². The van der Waals surface area contributed by atoms with Crippen molar-refractivity contribution in [3.63, 3.8) is 0 Å². The smallest absolute Gasteiger partial charge is 0.245 e. The summed E-state index contributed by atoms with van der Waals surface area (Å²) in [6.45, 7) is 1.36. The van der Waals surface area contributed by atoms with Crippen LogP contribution in [0.3, 0.4) is 0 Å². The summed E-state index contributed by atoms with van der Waals surface area (Å²) in [5.41, 5.74) is 5.42. The van der Waals surface area contributed by atoms with E-state index in [1.54, 1.807) is 9.80 Å². The van der Waals surface area contributed by atoms with Crippen molar-refractivity contribution in [3.8, 4) is 0 Å². The van der Waals surface area contributed by atoms with Gasteiger partial charge in [-0.05, 0) is 19.3 Å². The number of rotatable bonds is 3. The zero-order valence-electron chi connectivity index (χ0n) is 9.72. The second kappa shape index (κ2) is 5.00. The molecule has 0 radical (unpaired) electrons. The van der Waals surface area contributed by atoms with Crippen LogP contribution >= 0.6 is 12.2 Å². The van der Waals surface area contributed by atoms with E-state index in [2.05, 4.69) is 0 Å². The van der Waals surface area contributed by atoms with Gasteiger partial charge in [-0.2, -0.15) is 0 Å². The van der Waals surface area contributed by atoms with Crippen LogP contribution in [0.15, 0.2) is 0 Å². The van der Waals surface area contributed by atoms with Crippen LogP contribution in [-0.2, 0) is 9.59 Å². The molecular weight excluding hydrogens is 238 g/mol. The maximum atomic E-state index is 12.2. The molecule has 2 aliphatic rings. The van der Waals surface area contributed by atoms with Crippen LogP contribution in [0, 0.1) is 0 Å². The first-order chi connectivity index (χ1) is 8.09. The lowest BCUT2D eigenvalue weighted by molar-refractivity contribution is -0.157. The Morgan fingerprint density at radius 2 is 2.18 bits per heavy atom. The topological polar surface area (TPSA) is 66.6 Å². The van der Waals surface area contributed by atoms with Crippen LogP contribution < -0.4 is 5.73 Å². The summed E-state index contributed by atoms with van der Waals surface area (Å²) < 4.78 is 0. The van der Waals surface area contributed by atoms with Crippen LogP contribution in [0.4, 0.5) is 0 Å². The number of nitrogens with two attached hydrogens (primary N) is 1. The molecule has 0 aromatic rings. The molecule has 2 heterocycles. The Kier molecular flexibility index (Phi) is 3.61. The Bertz CT molecular complexity index is 359. The number of hydrogen-bond acceptors (Lipinski definition) is 3. The fraction of sp³-hybridized carbons (Fsp3) is 0.727. The summed E-state index contributed by atoms with van der Waals surface area (Å²) in [5, 5.41) is 0. The Morgan fingerprint density at radius 1 is 1.41 bits per heavy atom. The molecule has 6 heteroatoms. The molecule has 17 heavy (non-hydrogen) atoms. The number of fused-ring (bicyclic) bond motifs is 1. The van der Waals surface area contributed by atoms with E-state index < -0.39 is 0 Å². The van der Waals surface area contributed by atoms with Gasteiger partial charge in [0.05, 0.1) is 11.5 Å². The van der Waals surface area contributed by atoms with E-state index >= 15 is 0 Å². The number of carbonyl (C=O) groups is 2. The lowest BCUT2D eigenvalue weighted by Crippen LogP contribution is -2.61. The van der Waals surface area contributed by atoms with Gasteiger partial charge >= 0.3 is 0 Å². The van der Waals surface area contributed by atoms with Gasteiger partial charge in [-0.25, -0.2) is 0 Å². The molecule has 2 amide bonds. The van der Waals surface area contributed by atoms with Crippen molar-refractivity contribution < 1.29 is 9.59 Å². The van der Waals surface area contributed by atoms with Gasteiger partial charge in [-0.1, -0.05) is 12.2 Å². The summed E-state index contributed by atoms with van der Waals surface area (Å²) in [4.78, 5) is 27.8. The lowest BCUT2D eigenvalue weighted by atomic mass is 9.98. The van der Waals surface area contributed by atoms with Crippen LogP contribution in [0.5, 0.6) is 0 Å². The molecule has 0 spiro atoms. The summed E-state index contributed by atoms with van der Waals surface area (Å²) in [6.07, 6.45) is 3.29. The maximum absolute atomic E-state index is 12.2. The second-order valence-corrected chi connectivity index (χ2v) is 5.10. The molecular formula is C11H17N3O2S. The molecule has 0 aliphatic carbocycles. The summed E-state index contributed by atoms with van der Waals surface area (Å²) in [5.74, 6) is 0.109. The minimum atomic E-state index is -0.239. The molecule has 2 rings (SSSR count). The van der Waals surface area contributed by atoms with Crippen molar-refractivity contribution in [1.29, 1.82) is 0 Å². The van der Waals surface area contributed by atoms with E-state index in [1.807, 2.05) is 0 Å². The first-order valence-corrected chi connectivity index (χ1v) is 6.37. The van der Waals surface area contributed by atoms with Crippen LogP contribution in [-0.4, -0.2) is 52.3 Å². The third kappa shape index (κ3) is 2.57. The molecule has 1 unspecified atom stereocenters. The fourth-order valence-electron chi connectivity index (χ4n) is 2.46. The lowest BCUT2D eigenvalue weighted by Gasteiger charge is -2.42. The van der Waals surface area contributed by atoms with Gasteiger partial charge in [0.15, 0.2) is 0 Å². The summed E-state index contributed by atoms with van der Waals surface area (Å²) in [6, 6.07) is -0.239. The fourth-order valence-corrected chi connectivity index (χ4v) is 2.56. The molecule has 1 atom stereocenters. The van der Waals surface area contributed by atoms with Crippen LogP contribution in [0.2, 0.25) is 0 Å². The van der Waals surface area contributed by atoms with E-state index in [-0.39, 0.29) is 24.4 Å². The second-order valence-electron chi connectivity index (χ2n) is 4.57. The molecule has 2 aliphatic heterocycles. The number of hydrogen-bond donors (Lipinski definition) is 1. The highest BCUT2D eigenvalue weighted by molar-refractivity contribution is 7.80. The number of thiocarbonyl (C=S) groups is 1. The molecule has 2 saturated heterocycles. The Balaban J connectivity index is 2.03. The monoisotopic (exact) mass is 255 g/mol. The molecule has 5 nitrogen and oxygen atoms in total. The van der Waals surface area contributed by atoms with Gasteiger partial charge in [-0.3, -0.25) is 9.59 Å². The maximum Gasteiger partial charge on any atom is 0.245 e.